The fourth-order valence-electron chi connectivity index (χ4n) is 3.01. The molecule has 0 fully saturated rings. The molecule has 1 N–H and O–H groups in total. The predicted molar refractivity (Wildman–Crippen MR) is 109 cm³/mol. The van der Waals surface area contributed by atoms with Crippen LogP contribution in [0.3, 0.4) is 0 Å². The van der Waals surface area contributed by atoms with Crippen LogP contribution < -0.4 is 5.32 Å². The molecule has 3 aromatic carbocycles. The van der Waals surface area contributed by atoms with Gasteiger partial charge in [0, 0.05) is 21.7 Å². The molecule has 0 spiro atoms. The smallest absolute Gasteiger partial charge is 0.258 e. The second kappa shape index (κ2) is 7.17. The summed E-state index contributed by atoms with van der Waals surface area (Å²) in [4.78, 5) is 13.2. The van der Waals surface area contributed by atoms with Crippen molar-refractivity contribution in [3.63, 3.8) is 0 Å². The van der Waals surface area contributed by atoms with Crippen molar-refractivity contribution in [2.45, 2.75) is 6.92 Å². The van der Waals surface area contributed by atoms with Gasteiger partial charge in [-0.3, -0.25) is 4.79 Å². The number of carbonyl (C=O) groups excluding carboxylic acids is 1. The van der Waals surface area contributed by atoms with Crippen molar-refractivity contribution in [1.82, 2.24) is 10.2 Å². The van der Waals surface area contributed by atoms with Gasteiger partial charge in [-0.2, -0.15) is 0 Å². The van der Waals surface area contributed by atoms with Crippen LogP contribution in [0.2, 0.25) is 5.02 Å². The van der Waals surface area contributed by atoms with E-state index in [-0.39, 0.29) is 5.91 Å². The number of fused-ring (bicyclic) bond motifs is 1. The van der Waals surface area contributed by atoms with E-state index in [0.29, 0.717) is 27.5 Å². The highest BCUT2D eigenvalue weighted by molar-refractivity contribution is 6.31. The number of carbonyl (C=O) groups is 1. The molecule has 0 saturated carbocycles. The Morgan fingerprint density at radius 3 is 2.52 bits per heavy atom. The number of nitrogens with zero attached hydrogens (tertiary/aromatic N) is 2. The molecule has 27 heavy (non-hydrogen) atoms. The minimum Gasteiger partial charge on any atom is -0.322 e. The first-order valence-electron chi connectivity index (χ1n) is 8.51. The molecule has 0 aliphatic rings. The Morgan fingerprint density at radius 2 is 1.74 bits per heavy atom. The van der Waals surface area contributed by atoms with E-state index in [1.807, 2.05) is 55.5 Å². The summed E-state index contributed by atoms with van der Waals surface area (Å²) < 4.78 is 0. The van der Waals surface area contributed by atoms with Gasteiger partial charge in [-0.25, -0.2) is 0 Å². The molecular formula is C22H16ClN3O. The lowest BCUT2D eigenvalue weighted by molar-refractivity contribution is 0.102. The van der Waals surface area contributed by atoms with Gasteiger partial charge in [0.2, 0.25) is 0 Å². The molecular weight excluding hydrogens is 358 g/mol. The van der Waals surface area contributed by atoms with Gasteiger partial charge in [-0.1, -0.05) is 59.6 Å². The average molecular weight is 374 g/mol. The zero-order chi connectivity index (χ0) is 18.8. The lowest BCUT2D eigenvalue weighted by atomic mass is 10.00. The number of halogens is 1. The fraction of sp³-hybridized carbons (Fsp3) is 0.0455. The molecule has 0 aliphatic carbocycles. The van der Waals surface area contributed by atoms with Gasteiger partial charge in [0.25, 0.3) is 5.91 Å². The molecule has 4 aromatic rings. The van der Waals surface area contributed by atoms with E-state index in [4.69, 9.17) is 11.6 Å². The molecule has 0 aliphatic heterocycles. The summed E-state index contributed by atoms with van der Waals surface area (Å²) in [5.74, 6) is -0.249. The number of nitrogens with one attached hydrogen (secondary N) is 1. The average Bonchev–Trinajstić information content (AvgIpc) is 2.67. The van der Waals surface area contributed by atoms with E-state index in [0.717, 1.165) is 16.5 Å². The summed E-state index contributed by atoms with van der Waals surface area (Å²) in [6.07, 6.45) is 0. The molecule has 132 valence electrons. The predicted octanol–water partition coefficient (Wildman–Crippen LogP) is 5.51. The third-order valence-corrected chi connectivity index (χ3v) is 4.51. The first-order chi connectivity index (χ1) is 13.1. The van der Waals surface area contributed by atoms with E-state index in [9.17, 15) is 4.79 Å². The Morgan fingerprint density at radius 1 is 0.926 bits per heavy atom. The molecule has 0 unspecified atom stereocenters. The van der Waals surface area contributed by atoms with Gasteiger partial charge in [0.05, 0.1) is 11.1 Å². The van der Waals surface area contributed by atoms with Crippen LogP contribution in [0.1, 0.15) is 15.9 Å². The quantitative estimate of drug-likeness (QED) is 0.515. The van der Waals surface area contributed by atoms with Crippen LogP contribution in [-0.2, 0) is 0 Å². The molecule has 0 radical (unpaired) electrons. The zero-order valence-corrected chi connectivity index (χ0v) is 15.4. The van der Waals surface area contributed by atoms with Crippen LogP contribution >= 0.6 is 11.6 Å². The molecule has 5 heteroatoms. The summed E-state index contributed by atoms with van der Waals surface area (Å²) in [6, 6.07) is 22.5. The third-order valence-electron chi connectivity index (χ3n) is 4.27. The SMILES string of the molecule is Cc1ccc2nnc(-c3ccccc3)c(C(=O)Nc3cccc(Cl)c3)c2c1. The minimum absolute atomic E-state index is 0.249. The second-order valence-corrected chi connectivity index (χ2v) is 6.71. The van der Waals surface area contributed by atoms with E-state index in [1.165, 1.54) is 0 Å². The largest absolute Gasteiger partial charge is 0.322 e. The molecule has 4 nitrogen and oxygen atoms in total. The monoisotopic (exact) mass is 373 g/mol. The summed E-state index contributed by atoms with van der Waals surface area (Å²) in [5.41, 5.74) is 4.24. The summed E-state index contributed by atoms with van der Waals surface area (Å²) in [5, 5.41) is 12.9. The van der Waals surface area contributed by atoms with Gasteiger partial charge in [0.1, 0.15) is 5.69 Å². The molecule has 0 bridgehead atoms. The van der Waals surface area contributed by atoms with Gasteiger partial charge >= 0.3 is 0 Å². The summed E-state index contributed by atoms with van der Waals surface area (Å²) in [7, 11) is 0. The van der Waals surface area contributed by atoms with Crippen molar-refractivity contribution in [1.29, 1.82) is 0 Å². The first kappa shape index (κ1) is 17.2. The number of hydrogen-bond acceptors (Lipinski definition) is 3. The fourth-order valence-corrected chi connectivity index (χ4v) is 3.20. The van der Waals surface area contributed by atoms with E-state index >= 15 is 0 Å². The minimum atomic E-state index is -0.249. The molecule has 0 atom stereocenters. The summed E-state index contributed by atoms with van der Waals surface area (Å²) in [6.45, 7) is 1.99. The highest BCUT2D eigenvalue weighted by atomic mass is 35.5. The van der Waals surface area contributed by atoms with Crippen LogP contribution in [0.5, 0.6) is 0 Å². The number of rotatable bonds is 3. The number of anilines is 1. The summed E-state index contributed by atoms with van der Waals surface area (Å²) >= 11 is 6.04. The van der Waals surface area contributed by atoms with Crippen LogP contribution in [0, 0.1) is 6.92 Å². The van der Waals surface area contributed by atoms with Crippen molar-refractivity contribution in [2.24, 2.45) is 0 Å². The van der Waals surface area contributed by atoms with E-state index < -0.39 is 0 Å². The van der Waals surface area contributed by atoms with Crippen LogP contribution in [0.25, 0.3) is 22.2 Å². The van der Waals surface area contributed by atoms with Crippen LogP contribution in [-0.4, -0.2) is 16.1 Å². The Kier molecular flexibility index (Phi) is 4.57. The molecule has 0 saturated heterocycles. The topological polar surface area (TPSA) is 54.9 Å². The van der Waals surface area contributed by atoms with Crippen molar-refractivity contribution in [2.75, 3.05) is 5.32 Å². The lowest BCUT2D eigenvalue weighted by Gasteiger charge is -2.13. The standard InChI is InChI=1S/C22H16ClN3O/c1-14-10-11-19-18(12-14)20(21(26-25-19)15-6-3-2-4-7-15)22(27)24-17-9-5-8-16(23)13-17/h2-13H,1H3,(H,24,27). The van der Waals surface area contributed by atoms with Gasteiger partial charge < -0.3 is 5.32 Å². The van der Waals surface area contributed by atoms with E-state index in [2.05, 4.69) is 15.5 Å². The maximum Gasteiger partial charge on any atom is 0.258 e. The highest BCUT2D eigenvalue weighted by Gasteiger charge is 2.19. The zero-order valence-electron chi connectivity index (χ0n) is 14.6. The highest BCUT2D eigenvalue weighted by Crippen LogP contribution is 2.28. The molecule has 4 rings (SSSR count). The van der Waals surface area contributed by atoms with Gasteiger partial charge in [-0.05, 0) is 37.3 Å². The normalized spacial score (nSPS) is 10.7. The van der Waals surface area contributed by atoms with Gasteiger partial charge in [0.15, 0.2) is 0 Å². The number of aromatic nitrogens is 2. The first-order valence-corrected chi connectivity index (χ1v) is 8.89. The molecule has 1 amide bonds. The second-order valence-electron chi connectivity index (χ2n) is 6.27. The Hall–Kier alpha value is -3.24. The van der Waals surface area contributed by atoms with Crippen molar-refractivity contribution >= 4 is 34.1 Å². The Labute approximate surface area is 161 Å². The van der Waals surface area contributed by atoms with Crippen molar-refractivity contribution in [3.05, 3.63) is 88.9 Å². The van der Waals surface area contributed by atoms with E-state index in [1.54, 1.807) is 24.3 Å². The lowest BCUT2D eigenvalue weighted by Crippen LogP contribution is -2.15. The van der Waals surface area contributed by atoms with Gasteiger partial charge in [-0.15, -0.1) is 10.2 Å². The molecule has 1 heterocycles. The van der Waals surface area contributed by atoms with Crippen LogP contribution in [0.4, 0.5) is 5.69 Å². The Balaban J connectivity index is 1.90. The number of amides is 1. The maximum absolute atomic E-state index is 13.2. The number of hydrogen-bond donors (Lipinski definition) is 1. The number of aryl methyl sites for hydroxylation is 1. The molecule has 1 aromatic heterocycles. The Bertz CT molecular complexity index is 1140. The maximum atomic E-state index is 13.2. The van der Waals surface area contributed by atoms with Crippen molar-refractivity contribution in [3.8, 4) is 11.3 Å². The third kappa shape index (κ3) is 3.52. The van der Waals surface area contributed by atoms with Crippen molar-refractivity contribution < 1.29 is 4.79 Å². The van der Waals surface area contributed by atoms with Crippen LogP contribution in [0.15, 0.2) is 72.8 Å². The number of benzene rings is 3.